The van der Waals surface area contributed by atoms with E-state index in [1.165, 1.54) is 17.5 Å². The second-order valence-electron chi connectivity index (χ2n) is 3.16. The molecule has 2 heteroatoms. The average Bonchev–Trinajstić information content (AvgIpc) is 2.63. The minimum absolute atomic E-state index is 0.944. The summed E-state index contributed by atoms with van der Waals surface area (Å²) in [5, 5.41) is 0. The number of fused-ring (bicyclic) bond motifs is 1. The van der Waals surface area contributed by atoms with Crippen LogP contribution in [0.25, 0.3) is 11.1 Å². The smallest absolute Gasteiger partial charge is 0.181 e. The highest BCUT2D eigenvalue weighted by Gasteiger charge is 2.05. The van der Waals surface area contributed by atoms with Gasteiger partial charge in [0.25, 0.3) is 0 Å². The lowest BCUT2D eigenvalue weighted by Crippen LogP contribution is -1.86. The highest BCUT2D eigenvalue weighted by molar-refractivity contribution is 5.77. The van der Waals surface area contributed by atoms with Gasteiger partial charge in [0, 0.05) is 0 Å². The molecule has 1 aromatic heterocycles. The molecule has 0 fully saturated rings. The molecule has 0 aliphatic heterocycles. The molecule has 0 aliphatic rings. The monoisotopic (exact) mass is 175 g/mol. The third-order valence-electron chi connectivity index (χ3n) is 2.36. The molecule has 0 aliphatic carbocycles. The summed E-state index contributed by atoms with van der Waals surface area (Å²) < 4.78 is 5.33. The third kappa shape index (κ3) is 1.32. The van der Waals surface area contributed by atoms with Crippen molar-refractivity contribution in [1.29, 1.82) is 0 Å². The standard InChI is InChI=1S/C11H13NO/c1-3-8-5-9(4-2)11-10(6-8)12-7-13-11/h5-7H,3-4H2,1-2H3. The van der Waals surface area contributed by atoms with Crippen LogP contribution in [0.15, 0.2) is 22.9 Å². The normalized spacial score (nSPS) is 10.9. The van der Waals surface area contributed by atoms with E-state index >= 15 is 0 Å². The summed E-state index contributed by atoms with van der Waals surface area (Å²) in [5.41, 5.74) is 4.51. The summed E-state index contributed by atoms with van der Waals surface area (Å²) in [7, 11) is 0. The van der Waals surface area contributed by atoms with Crippen molar-refractivity contribution in [2.24, 2.45) is 0 Å². The Morgan fingerprint density at radius 1 is 1.23 bits per heavy atom. The van der Waals surface area contributed by atoms with Crippen molar-refractivity contribution in [3.63, 3.8) is 0 Å². The third-order valence-corrected chi connectivity index (χ3v) is 2.36. The van der Waals surface area contributed by atoms with E-state index in [0.717, 1.165) is 23.9 Å². The first kappa shape index (κ1) is 8.30. The first-order chi connectivity index (χ1) is 6.35. The largest absolute Gasteiger partial charge is 0.443 e. The van der Waals surface area contributed by atoms with Crippen LogP contribution in [0.3, 0.4) is 0 Å². The van der Waals surface area contributed by atoms with Gasteiger partial charge in [-0.05, 0) is 30.0 Å². The molecule has 0 amide bonds. The predicted octanol–water partition coefficient (Wildman–Crippen LogP) is 2.95. The van der Waals surface area contributed by atoms with Crippen molar-refractivity contribution in [2.45, 2.75) is 26.7 Å². The Morgan fingerprint density at radius 3 is 2.77 bits per heavy atom. The van der Waals surface area contributed by atoms with E-state index in [1.54, 1.807) is 0 Å². The summed E-state index contributed by atoms with van der Waals surface area (Å²) in [6, 6.07) is 4.30. The Morgan fingerprint density at radius 2 is 2.08 bits per heavy atom. The maximum absolute atomic E-state index is 5.33. The Balaban J connectivity index is 2.70. The molecule has 0 N–H and O–H groups in total. The van der Waals surface area contributed by atoms with Gasteiger partial charge in [-0.2, -0.15) is 0 Å². The van der Waals surface area contributed by atoms with Gasteiger partial charge in [0.2, 0.25) is 0 Å². The van der Waals surface area contributed by atoms with E-state index in [1.807, 2.05) is 0 Å². The number of aromatic nitrogens is 1. The maximum Gasteiger partial charge on any atom is 0.181 e. The van der Waals surface area contributed by atoms with Crippen LogP contribution in [-0.2, 0) is 12.8 Å². The fourth-order valence-electron chi connectivity index (χ4n) is 1.57. The number of oxazole rings is 1. The molecule has 0 saturated carbocycles. The second kappa shape index (κ2) is 3.21. The fraction of sp³-hybridized carbons (Fsp3) is 0.364. The predicted molar refractivity (Wildman–Crippen MR) is 52.8 cm³/mol. The molecule has 2 nitrogen and oxygen atoms in total. The van der Waals surface area contributed by atoms with Crippen molar-refractivity contribution in [3.05, 3.63) is 29.7 Å². The maximum atomic E-state index is 5.33. The topological polar surface area (TPSA) is 26.0 Å². The molecule has 0 saturated heterocycles. The van der Waals surface area contributed by atoms with Crippen LogP contribution in [-0.4, -0.2) is 4.98 Å². The molecule has 0 unspecified atom stereocenters. The van der Waals surface area contributed by atoms with Gasteiger partial charge in [-0.1, -0.05) is 19.9 Å². The van der Waals surface area contributed by atoms with Crippen molar-refractivity contribution in [3.8, 4) is 0 Å². The highest BCUT2D eigenvalue weighted by atomic mass is 16.3. The molecule has 68 valence electrons. The van der Waals surface area contributed by atoms with Crippen LogP contribution < -0.4 is 0 Å². The first-order valence-electron chi connectivity index (χ1n) is 4.70. The summed E-state index contributed by atoms with van der Waals surface area (Å²) in [4.78, 5) is 4.17. The van der Waals surface area contributed by atoms with E-state index < -0.39 is 0 Å². The zero-order chi connectivity index (χ0) is 9.26. The van der Waals surface area contributed by atoms with Crippen molar-refractivity contribution in [1.82, 2.24) is 4.98 Å². The lowest BCUT2D eigenvalue weighted by Gasteiger charge is -2.01. The minimum atomic E-state index is 0.944. The number of hydrogen-bond donors (Lipinski definition) is 0. The van der Waals surface area contributed by atoms with Gasteiger partial charge in [-0.3, -0.25) is 0 Å². The first-order valence-corrected chi connectivity index (χ1v) is 4.70. The Bertz CT molecular complexity index is 417. The van der Waals surface area contributed by atoms with E-state index in [9.17, 15) is 0 Å². The van der Waals surface area contributed by atoms with Crippen LogP contribution in [0.4, 0.5) is 0 Å². The van der Waals surface area contributed by atoms with E-state index in [2.05, 4.69) is 31.0 Å². The molecule has 0 atom stereocenters. The van der Waals surface area contributed by atoms with Crippen LogP contribution in [0.2, 0.25) is 0 Å². The Labute approximate surface area is 77.6 Å². The van der Waals surface area contributed by atoms with E-state index in [4.69, 9.17) is 4.42 Å². The van der Waals surface area contributed by atoms with Crippen LogP contribution >= 0.6 is 0 Å². The minimum Gasteiger partial charge on any atom is -0.443 e. The molecule has 1 aromatic carbocycles. The van der Waals surface area contributed by atoms with Crippen LogP contribution in [0.1, 0.15) is 25.0 Å². The van der Waals surface area contributed by atoms with Gasteiger partial charge >= 0.3 is 0 Å². The Kier molecular flexibility index (Phi) is 2.05. The van der Waals surface area contributed by atoms with Crippen molar-refractivity contribution in [2.75, 3.05) is 0 Å². The van der Waals surface area contributed by atoms with E-state index in [0.29, 0.717) is 0 Å². The Hall–Kier alpha value is -1.31. The van der Waals surface area contributed by atoms with Gasteiger partial charge in [0.05, 0.1) is 0 Å². The molecule has 1 heterocycles. The van der Waals surface area contributed by atoms with Gasteiger partial charge in [0.1, 0.15) is 5.52 Å². The van der Waals surface area contributed by atoms with Gasteiger partial charge < -0.3 is 4.42 Å². The number of benzene rings is 1. The summed E-state index contributed by atoms with van der Waals surface area (Å²) in [6.07, 6.45) is 3.57. The number of aryl methyl sites for hydroxylation is 2. The lowest BCUT2D eigenvalue weighted by atomic mass is 10.1. The zero-order valence-electron chi connectivity index (χ0n) is 8.00. The lowest BCUT2D eigenvalue weighted by molar-refractivity contribution is 0.598. The average molecular weight is 175 g/mol. The molecule has 2 rings (SSSR count). The number of hydrogen-bond acceptors (Lipinski definition) is 2. The molecule has 0 radical (unpaired) electrons. The second-order valence-corrected chi connectivity index (χ2v) is 3.16. The quantitative estimate of drug-likeness (QED) is 0.701. The number of rotatable bonds is 2. The summed E-state index contributed by atoms with van der Waals surface area (Å²) >= 11 is 0. The summed E-state index contributed by atoms with van der Waals surface area (Å²) in [6.45, 7) is 4.29. The van der Waals surface area contributed by atoms with Crippen LogP contribution in [0.5, 0.6) is 0 Å². The fourth-order valence-corrected chi connectivity index (χ4v) is 1.57. The number of nitrogens with zero attached hydrogens (tertiary/aromatic N) is 1. The van der Waals surface area contributed by atoms with Crippen LogP contribution in [0, 0.1) is 0 Å². The van der Waals surface area contributed by atoms with Gasteiger partial charge in [-0.25, -0.2) is 4.98 Å². The molecule has 2 aromatic rings. The molecule has 0 spiro atoms. The van der Waals surface area contributed by atoms with Crippen molar-refractivity contribution >= 4 is 11.1 Å². The zero-order valence-corrected chi connectivity index (χ0v) is 8.00. The SMILES string of the molecule is CCc1cc(CC)c2ocnc2c1. The van der Waals surface area contributed by atoms with Gasteiger partial charge in [-0.15, -0.1) is 0 Å². The molecule has 0 bridgehead atoms. The van der Waals surface area contributed by atoms with Crippen molar-refractivity contribution < 1.29 is 4.42 Å². The molecular weight excluding hydrogens is 162 g/mol. The summed E-state index contributed by atoms with van der Waals surface area (Å²) in [5.74, 6) is 0. The molecule has 13 heavy (non-hydrogen) atoms. The molecular formula is C11H13NO. The highest BCUT2D eigenvalue weighted by Crippen LogP contribution is 2.20. The van der Waals surface area contributed by atoms with E-state index in [-0.39, 0.29) is 0 Å². The van der Waals surface area contributed by atoms with Gasteiger partial charge in [0.15, 0.2) is 12.0 Å².